The maximum Gasteiger partial charge on any atom is 0.171 e. The van der Waals surface area contributed by atoms with Crippen LogP contribution in [0.1, 0.15) is 51.8 Å². The van der Waals surface area contributed by atoms with E-state index in [2.05, 4.69) is 46.0 Å². The third-order valence-corrected chi connectivity index (χ3v) is 5.33. The van der Waals surface area contributed by atoms with E-state index in [1.807, 2.05) is 32.0 Å². The Labute approximate surface area is 176 Å². The molecule has 0 radical (unpaired) electrons. The van der Waals surface area contributed by atoms with Crippen molar-refractivity contribution < 1.29 is 18.3 Å². The lowest BCUT2D eigenvalue weighted by atomic mass is 9.85. The van der Waals surface area contributed by atoms with E-state index in [1.165, 1.54) is 6.07 Å². The Kier molecular flexibility index (Phi) is 8.03. The fourth-order valence-electron chi connectivity index (χ4n) is 3.01. The smallest absolute Gasteiger partial charge is 0.171 e. The second-order valence-corrected chi connectivity index (χ2v) is 11.8. The molecule has 0 spiro atoms. The zero-order chi connectivity index (χ0) is 21.7. The standard InChI is InChI=1S/C24H35FO3Si/c1-23(2,3)22(28-29(6)7)18-12-10-13-20(15-18)26-17-24(4,5)27-16-19-11-8-9-14-21(19)25/h8-15,22,29H,16-17H2,1-7H3. The van der Waals surface area contributed by atoms with Crippen molar-refractivity contribution in [2.75, 3.05) is 6.61 Å². The minimum atomic E-state index is -1.19. The molecule has 0 aliphatic carbocycles. The van der Waals surface area contributed by atoms with Crippen LogP contribution in [0.2, 0.25) is 13.1 Å². The van der Waals surface area contributed by atoms with E-state index in [-0.39, 0.29) is 23.9 Å². The summed E-state index contributed by atoms with van der Waals surface area (Å²) in [5.74, 6) is 0.534. The predicted octanol–water partition coefficient (Wildman–Crippen LogP) is 6.29. The van der Waals surface area contributed by atoms with Gasteiger partial charge in [-0.3, -0.25) is 0 Å². The van der Waals surface area contributed by atoms with Gasteiger partial charge in [-0.1, -0.05) is 51.1 Å². The quantitative estimate of drug-likeness (QED) is 0.448. The molecule has 0 aliphatic rings. The molecule has 0 N–H and O–H groups in total. The van der Waals surface area contributed by atoms with Crippen LogP contribution in [0.4, 0.5) is 4.39 Å². The van der Waals surface area contributed by atoms with Crippen molar-refractivity contribution in [2.24, 2.45) is 5.41 Å². The molecule has 0 bridgehead atoms. The summed E-state index contributed by atoms with van der Waals surface area (Å²) in [6.07, 6.45) is 0.0306. The van der Waals surface area contributed by atoms with Crippen LogP contribution in [0, 0.1) is 11.2 Å². The van der Waals surface area contributed by atoms with Crippen LogP contribution in [0.25, 0.3) is 0 Å². The fraction of sp³-hybridized carbons (Fsp3) is 0.500. The third kappa shape index (κ3) is 7.57. The summed E-state index contributed by atoms with van der Waals surface area (Å²) in [4.78, 5) is 0. The summed E-state index contributed by atoms with van der Waals surface area (Å²) in [5.41, 5.74) is 1.12. The van der Waals surface area contributed by atoms with E-state index >= 15 is 0 Å². The van der Waals surface area contributed by atoms with Gasteiger partial charge in [0.1, 0.15) is 18.2 Å². The third-order valence-electron chi connectivity index (χ3n) is 4.52. The zero-order valence-electron chi connectivity index (χ0n) is 18.8. The summed E-state index contributed by atoms with van der Waals surface area (Å²) in [7, 11) is -1.19. The predicted molar refractivity (Wildman–Crippen MR) is 119 cm³/mol. The maximum atomic E-state index is 13.8. The van der Waals surface area contributed by atoms with Crippen LogP contribution in [0.15, 0.2) is 48.5 Å². The van der Waals surface area contributed by atoms with Crippen LogP contribution < -0.4 is 4.74 Å². The highest BCUT2D eigenvalue weighted by Crippen LogP contribution is 2.37. The molecule has 0 amide bonds. The first-order chi connectivity index (χ1) is 13.5. The van der Waals surface area contributed by atoms with E-state index in [9.17, 15) is 4.39 Å². The number of rotatable bonds is 9. The Hall–Kier alpha value is -1.69. The second-order valence-electron chi connectivity index (χ2n) is 9.43. The van der Waals surface area contributed by atoms with Crippen molar-refractivity contribution in [1.29, 1.82) is 0 Å². The SMILES string of the molecule is C[SiH](C)OC(c1cccc(OCC(C)(C)OCc2ccccc2F)c1)C(C)(C)C. The molecular weight excluding hydrogens is 383 g/mol. The zero-order valence-corrected chi connectivity index (χ0v) is 19.9. The first-order valence-electron chi connectivity index (χ1n) is 10.2. The van der Waals surface area contributed by atoms with Crippen LogP contribution in [0.3, 0.4) is 0 Å². The van der Waals surface area contributed by atoms with Crippen molar-refractivity contribution >= 4 is 9.04 Å². The van der Waals surface area contributed by atoms with Gasteiger partial charge in [0.2, 0.25) is 0 Å². The topological polar surface area (TPSA) is 27.7 Å². The molecule has 1 unspecified atom stereocenters. The molecule has 0 heterocycles. The molecule has 2 aromatic rings. The molecule has 5 heteroatoms. The lowest BCUT2D eigenvalue weighted by Gasteiger charge is -2.33. The number of hydrogen-bond acceptors (Lipinski definition) is 3. The summed E-state index contributed by atoms with van der Waals surface area (Å²) in [6, 6.07) is 14.8. The van der Waals surface area contributed by atoms with Gasteiger partial charge in [-0.25, -0.2) is 4.39 Å². The summed E-state index contributed by atoms with van der Waals surface area (Å²) in [5, 5.41) is 0. The van der Waals surface area contributed by atoms with Gasteiger partial charge in [-0.05, 0) is 56.1 Å². The average molecular weight is 419 g/mol. The maximum absolute atomic E-state index is 13.8. The van der Waals surface area contributed by atoms with E-state index in [0.29, 0.717) is 12.2 Å². The lowest BCUT2D eigenvalue weighted by Crippen LogP contribution is -2.32. The monoisotopic (exact) mass is 418 g/mol. The van der Waals surface area contributed by atoms with Gasteiger partial charge in [0.05, 0.1) is 18.3 Å². The molecular formula is C24H35FO3Si. The molecule has 2 rings (SSSR count). The van der Waals surface area contributed by atoms with E-state index in [0.717, 1.165) is 11.3 Å². The molecule has 0 aliphatic heterocycles. The number of ether oxygens (including phenoxy) is 2. The van der Waals surface area contributed by atoms with E-state index in [4.69, 9.17) is 13.9 Å². The number of hydrogen-bond donors (Lipinski definition) is 0. The van der Waals surface area contributed by atoms with Gasteiger partial charge < -0.3 is 13.9 Å². The average Bonchev–Trinajstić information content (AvgIpc) is 2.63. The number of halogens is 1. The normalized spacial score (nSPS) is 13.6. The van der Waals surface area contributed by atoms with Crippen LogP contribution in [-0.4, -0.2) is 21.2 Å². The van der Waals surface area contributed by atoms with E-state index in [1.54, 1.807) is 12.1 Å². The Morgan fingerprint density at radius 1 is 0.966 bits per heavy atom. The lowest BCUT2D eigenvalue weighted by molar-refractivity contribution is -0.0578. The molecule has 0 fully saturated rings. The van der Waals surface area contributed by atoms with Crippen LogP contribution >= 0.6 is 0 Å². The van der Waals surface area contributed by atoms with Crippen molar-refractivity contribution in [1.82, 2.24) is 0 Å². The van der Waals surface area contributed by atoms with Gasteiger partial charge in [-0.2, -0.15) is 0 Å². The molecule has 0 saturated heterocycles. The van der Waals surface area contributed by atoms with Crippen molar-refractivity contribution in [2.45, 2.75) is 66.0 Å². The minimum absolute atomic E-state index is 0.00195. The Balaban J connectivity index is 2.02. The highest BCUT2D eigenvalue weighted by atomic mass is 28.3. The first kappa shape index (κ1) is 23.6. The summed E-state index contributed by atoms with van der Waals surface area (Å²) >= 11 is 0. The molecule has 0 saturated carbocycles. The molecule has 2 aromatic carbocycles. The Bertz CT molecular complexity index is 784. The second kappa shape index (κ2) is 9.87. The number of benzene rings is 2. The van der Waals surface area contributed by atoms with Crippen molar-refractivity contribution in [3.8, 4) is 5.75 Å². The van der Waals surface area contributed by atoms with Crippen LogP contribution in [0.5, 0.6) is 5.75 Å². The summed E-state index contributed by atoms with van der Waals surface area (Å²) < 4.78 is 32.1. The molecule has 0 aromatic heterocycles. The van der Waals surface area contributed by atoms with Gasteiger partial charge in [0.15, 0.2) is 9.04 Å². The van der Waals surface area contributed by atoms with Gasteiger partial charge in [0.25, 0.3) is 0 Å². The molecule has 29 heavy (non-hydrogen) atoms. The molecule has 3 nitrogen and oxygen atoms in total. The molecule has 1 atom stereocenters. The largest absolute Gasteiger partial charge is 0.491 e. The van der Waals surface area contributed by atoms with Gasteiger partial charge in [0, 0.05) is 5.56 Å². The van der Waals surface area contributed by atoms with Gasteiger partial charge in [-0.15, -0.1) is 0 Å². The fourth-order valence-corrected chi connectivity index (χ4v) is 4.12. The van der Waals surface area contributed by atoms with Gasteiger partial charge >= 0.3 is 0 Å². The Morgan fingerprint density at radius 2 is 1.66 bits per heavy atom. The minimum Gasteiger partial charge on any atom is -0.491 e. The Morgan fingerprint density at radius 3 is 2.28 bits per heavy atom. The highest BCUT2D eigenvalue weighted by molar-refractivity contribution is 6.48. The van der Waals surface area contributed by atoms with Crippen molar-refractivity contribution in [3.63, 3.8) is 0 Å². The van der Waals surface area contributed by atoms with Crippen LogP contribution in [-0.2, 0) is 15.8 Å². The highest BCUT2D eigenvalue weighted by Gasteiger charge is 2.28. The first-order valence-corrected chi connectivity index (χ1v) is 13.0. The summed E-state index contributed by atoms with van der Waals surface area (Å²) in [6.45, 7) is 15.4. The molecule has 160 valence electrons. The van der Waals surface area contributed by atoms with E-state index < -0.39 is 14.6 Å². The van der Waals surface area contributed by atoms with Crippen molar-refractivity contribution in [3.05, 3.63) is 65.5 Å².